The van der Waals surface area contributed by atoms with Gasteiger partial charge in [-0.25, -0.2) is 12.8 Å². The zero-order chi connectivity index (χ0) is 15.3. The van der Waals surface area contributed by atoms with E-state index in [1.165, 1.54) is 6.07 Å². The highest BCUT2D eigenvalue weighted by molar-refractivity contribution is 7.89. The van der Waals surface area contributed by atoms with Crippen molar-refractivity contribution >= 4 is 10.0 Å². The van der Waals surface area contributed by atoms with Crippen LogP contribution in [0.2, 0.25) is 0 Å². The SMILES string of the molecule is CCS(=O)(=O)N1CCN(CCCc2ccccc2F)CC1. The molecule has 1 aromatic carbocycles. The summed E-state index contributed by atoms with van der Waals surface area (Å²) in [5.74, 6) is 0.0247. The van der Waals surface area contributed by atoms with E-state index < -0.39 is 10.0 Å². The average molecular weight is 314 g/mol. The molecule has 1 aromatic rings. The number of aryl methyl sites for hydroxylation is 1. The predicted octanol–water partition coefficient (Wildman–Crippen LogP) is 1.73. The van der Waals surface area contributed by atoms with E-state index in [4.69, 9.17) is 0 Å². The second kappa shape index (κ2) is 7.33. The Morgan fingerprint density at radius 1 is 1.14 bits per heavy atom. The Kier molecular flexibility index (Phi) is 5.72. The zero-order valence-corrected chi connectivity index (χ0v) is 13.3. The van der Waals surface area contributed by atoms with Crippen LogP contribution in [0.4, 0.5) is 4.39 Å². The molecule has 0 aromatic heterocycles. The molecule has 0 saturated carbocycles. The molecule has 0 unspecified atom stereocenters. The third-order valence-corrected chi connectivity index (χ3v) is 5.85. The van der Waals surface area contributed by atoms with Crippen molar-refractivity contribution in [1.29, 1.82) is 0 Å². The van der Waals surface area contributed by atoms with E-state index in [1.807, 2.05) is 12.1 Å². The van der Waals surface area contributed by atoms with Gasteiger partial charge in [-0.1, -0.05) is 18.2 Å². The van der Waals surface area contributed by atoms with E-state index in [2.05, 4.69) is 4.90 Å². The number of hydrogen-bond donors (Lipinski definition) is 0. The van der Waals surface area contributed by atoms with Crippen molar-refractivity contribution in [1.82, 2.24) is 9.21 Å². The second-order valence-corrected chi connectivity index (χ2v) is 7.59. The van der Waals surface area contributed by atoms with Crippen molar-refractivity contribution in [3.63, 3.8) is 0 Å². The van der Waals surface area contributed by atoms with Gasteiger partial charge in [-0.3, -0.25) is 0 Å². The van der Waals surface area contributed by atoms with Crippen LogP contribution in [-0.2, 0) is 16.4 Å². The first kappa shape index (κ1) is 16.4. The monoisotopic (exact) mass is 314 g/mol. The number of benzene rings is 1. The first-order chi connectivity index (χ1) is 10.0. The zero-order valence-electron chi connectivity index (χ0n) is 12.5. The Morgan fingerprint density at radius 2 is 1.81 bits per heavy atom. The van der Waals surface area contributed by atoms with Crippen molar-refractivity contribution in [3.8, 4) is 0 Å². The molecule has 1 saturated heterocycles. The minimum atomic E-state index is -3.06. The van der Waals surface area contributed by atoms with Crippen LogP contribution >= 0.6 is 0 Å². The van der Waals surface area contributed by atoms with Gasteiger partial charge < -0.3 is 4.90 Å². The predicted molar refractivity (Wildman–Crippen MR) is 82.2 cm³/mol. The second-order valence-electron chi connectivity index (χ2n) is 5.34. The molecule has 0 atom stereocenters. The van der Waals surface area contributed by atoms with Crippen LogP contribution < -0.4 is 0 Å². The summed E-state index contributed by atoms with van der Waals surface area (Å²) < 4.78 is 38.6. The Morgan fingerprint density at radius 3 is 2.43 bits per heavy atom. The third kappa shape index (κ3) is 4.49. The quantitative estimate of drug-likeness (QED) is 0.803. The molecule has 0 radical (unpaired) electrons. The van der Waals surface area contributed by atoms with Gasteiger partial charge in [0.25, 0.3) is 0 Å². The lowest BCUT2D eigenvalue weighted by molar-refractivity contribution is 0.187. The van der Waals surface area contributed by atoms with E-state index in [9.17, 15) is 12.8 Å². The molecule has 1 aliphatic heterocycles. The van der Waals surface area contributed by atoms with Gasteiger partial charge in [-0.05, 0) is 37.9 Å². The molecular formula is C15H23FN2O2S. The molecule has 0 amide bonds. The average Bonchev–Trinajstić information content (AvgIpc) is 2.50. The maximum Gasteiger partial charge on any atom is 0.213 e. The molecule has 1 heterocycles. The van der Waals surface area contributed by atoms with Crippen molar-refractivity contribution in [3.05, 3.63) is 35.6 Å². The van der Waals surface area contributed by atoms with Gasteiger partial charge in [0, 0.05) is 26.2 Å². The highest BCUT2D eigenvalue weighted by Crippen LogP contribution is 2.11. The van der Waals surface area contributed by atoms with Crippen LogP contribution in [0, 0.1) is 5.82 Å². The van der Waals surface area contributed by atoms with Gasteiger partial charge >= 0.3 is 0 Å². The van der Waals surface area contributed by atoms with Gasteiger partial charge in [0.05, 0.1) is 5.75 Å². The van der Waals surface area contributed by atoms with Crippen molar-refractivity contribution in [2.75, 3.05) is 38.5 Å². The van der Waals surface area contributed by atoms with Crippen LogP contribution in [0.25, 0.3) is 0 Å². The smallest absolute Gasteiger partial charge is 0.213 e. The molecule has 4 nitrogen and oxygen atoms in total. The number of hydrogen-bond acceptors (Lipinski definition) is 3. The molecule has 2 rings (SSSR count). The van der Waals surface area contributed by atoms with Gasteiger partial charge in [-0.2, -0.15) is 4.31 Å². The highest BCUT2D eigenvalue weighted by Gasteiger charge is 2.24. The van der Waals surface area contributed by atoms with Gasteiger partial charge in [0.2, 0.25) is 10.0 Å². The summed E-state index contributed by atoms with van der Waals surface area (Å²) in [7, 11) is -3.06. The molecule has 6 heteroatoms. The molecule has 0 N–H and O–H groups in total. The number of halogens is 1. The fraction of sp³-hybridized carbons (Fsp3) is 0.600. The minimum Gasteiger partial charge on any atom is -0.301 e. The topological polar surface area (TPSA) is 40.6 Å². The fourth-order valence-corrected chi connectivity index (χ4v) is 3.69. The lowest BCUT2D eigenvalue weighted by Crippen LogP contribution is -2.49. The Labute approximate surface area is 126 Å². The Bertz CT molecular complexity index is 555. The largest absolute Gasteiger partial charge is 0.301 e. The maximum absolute atomic E-state index is 13.5. The normalized spacial score (nSPS) is 18.0. The van der Waals surface area contributed by atoms with Crippen molar-refractivity contribution in [2.24, 2.45) is 0 Å². The van der Waals surface area contributed by atoms with Crippen molar-refractivity contribution in [2.45, 2.75) is 19.8 Å². The molecule has 21 heavy (non-hydrogen) atoms. The van der Waals surface area contributed by atoms with E-state index >= 15 is 0 Å². The molecule has 118 valence electrons. The van der Waals surface area contributed by atoms with E-state index in [0.29, 0.717) is 13.1 Å². The summed E-state index contributed by atoms with van der Waals surface area (Å²) in [5, 5.41) is 0. The molecule has 1 fully saturated rings. The van der Waals surface area contributed by atoms with Crippen LogP contribution in [0.5, 0.6) is 0 Å². The summed E-state index contributed by atoms with van der Waals surface area (Å²) in [6.45, 7) is 5.21. The van der Waals surface area contributed by atoms with Crippen LogP contribution in [0.3, 0.4) is 0 Å². The summed E-state index contributed by atoms with van der Waals surface area (Å²) in [5.41, 5.74) is 0.754. The van der Waals surface area contributed by atoms with Gasteiger partial charge in [-0.15, -0.1) is 0 Å². The molecule has 0 aliphatic carbocycles. The molecule has 1 aliphatic rings. The lowest BCUT2D eigenvalue weighted by atomic mass is 10.1. The first-order valence-electron chi connectivity index (χ1n) is 7.46. The third-order valence-electron chi connectivity index (χ3n) is 3.97. The van der Waals surface area contributed by atoms with E-state index in [0.717, 1.165) is 38.0 Å². The summed E-state index contributed by atoms with van der Waals surface area (Å²) in [6.07, 6.45) is 1.61. The number of nitrogens with zero attached hydrogens (tertiary/aromatic N) is 2. The van der Waals surface area contributed by atoms with Gasteiger partial charge in [0.1, 0.15) is 5.82 Å². The fourth-order valence-electron chi connectivity index (χ4n) is 2.61. The van der Waals surface area contributed by atoms with E-state index in [1.54, 1.807) is 17.3 Å². The number of rotatable bonds is 6. The Balaban J connectivity index is 1.74. The van der Waals surface area contributed by atoms with Crippen LogP contribution in [0.15, 0.2) is 24.3 Å². The van der Waals surface area contributed by atoms with E-state index in [-0.39, 0.29) is 11.6 Å². The number of sulfonamides is 1. The summed E-state index contributed by atoms with van der Waals surface area (Å²) in [4.78, 5) is 2.25. The van der Waals surface area contributed by atoms with Crippen LogP contribution in [-0.4, -0.2) is 56.1 Å². The molecule has 0 bridgehead atoms. The number of piperazine rings is 1. The molecular weight excluding hydrogens is 291 g/mol. The van der Waals surface area contributed by atoms with Crippen molar-refractivity contribution < 1.29 is 12.8 Å². The lowest BCUT2D eigenvalue weighted by Gasteiger charge is -2.33. The minimum absolute atomic E-state index is 0.142. The highest BCUT2D eigenvalue weighted by atomic mass is 32.2. The standard InChI is InChI=1S/C15H23FN2O2S/c1-2-21(19,20)18-12-10-17(11-13-18)9-5-7-14-6-3-4-8-15(14)16/h3-4,6,8H,2,5,7,9-13H2,1H3. The molecule has 0 spiro atoms. The first-order valence-corrected chi connectivity index (χ1v) is 9.07. The summed E-state index contributed by atoms with van der Waals surface area (Å²) >= 11 is 0. The summed E-state index contributed by atoms with van der Waals surface area (Å²) in [6, 6.07) is 6.86. The Hall–Kier alpha value is -0.980. The van der Waals surface area contributed by atoms with Gasteiger partial charge in [0.15, 0.2) is 0 Å². The van der Waals surface area contributed by atoms with Crippen LogP contribution in [0.1, 0.15) is 18.9 Å². The maximum atomic E-state index is 13.5.